The van der Waals surface area contributed by atoms with Gasteiger partial charge in [-0.3, -0.25) is 0 Å². The molecule has 0 aromatic heterocycles. The number of nitrogens with zero attached hydrogens (tertiary/aromatic N) is 1. The third-order valence-corrected chi connectivity index (χ3v) is 5.87. The molecule has 1 saturated carbocycles. The van der Waals surface area contributed by atoms with Crippen molar-refractivity contribution in [1.29, 1.82) is 5.26 Å². The molecule has 1 fully saturated rings. The van der Waals surface area contributed by atoms with Crippen molar-refractivity contribution >= 4 is 9.84 Å². The van der Waals surface area contributed by atoms with Crippen molar-refractivity contribution in [3.05, 3.63) is 0 Å². The normalized spacial score (nSPS) is 34.9. The highest BCUT2D eigenvalue weighted by atomic mass is 32.2. The van der Waals surface area contributed by atoms with Gasteiger partial charge in [-0.15, -0.1) is 0 Å². The number of hydrogen-bond donors (Lipinski definition) is 0. The van der Waals surface area contributed by atoms with Crippen LogP contribution >= 0.6 is 0 Å². The minimum Gasteiger partial charge on any atom is -0.383 e. The van der Waals surface area contributed by atoms with Crippen LogP contribution in [0.4, 0.5) is 0 Å². The summed E-state index contributed by atoms with van der Waals surface area (Å²) in [4.78, 5) is 0. The topological polar surface area (TPSA) is 67.2 Å². The van der Waals surface area contributed by atoms with Crippen LogP contribution in [0.1, 0.15) is 26.7 Å². The molecule has 92 valence electrons. The SMILES string of the molecule is CCS(=O)(=O)[C@H]1C[C@H](C)[C@@](C#N)(COC)C1. The fourth-order valence-corrected chi connectivity index (χ4v) is 4.07. The molecule has 0 aromatic carbocycles. The Hall–Kier alpha value is -0.600. The maximum absolute atomic E-state index is 11.8. The Labute approximate surface area is 97.5 Å². The number of hydrogen-bond acceptors (Lipinski definition) is 4. The van der Waals surface area contributed by atoms with Gasteiger partial charge in [0.05, 0.1) is 23.3 Å². The summed E-state index contributed by atoms with van der Waals surface area (Å²) in [5.41, 5.74) is -0.623. The van der Waals surface area contributed by atoms with Crippen molar-refractivity contribution in [2.75, 3.05) is 19.5 Å². The van der Waals surface area contributed by atoms with Crippen LogP contribution in [0.5, 0.6) is 0 Å². The van der Waals surface area contributed by atoms with Crippen molar-refractivity contribution in [2.24, 2.45) is 11.3 Å². The van der Waals surface area contributed by atoms with Crippen LogP contribution in [0.25, 0.3) is 0 Å². The van der Waals surface area contributed by atoms with E-state index in [4.69, 9.17) is 4.74 Å². The number of ether oxygens (including phenoxy) is 1. The van der Waals surface area contributed by atoms with Gasteiger partial charge < -0.3 is 4.74 Å². The van der Waals surface area contributed by atoms with Gasteiger partial charge in [-0.05, 0) is 18.8 Å². The fourth-order valence-electron chi connectivity index (χ4n) is 2.47. The van der Waals surface area contributed by atoms with Crippen molar-refractivity contribution < 1.29 is 13.2 Å². The van der Waals surface area contributed by atoms with E-state index in [2.05, 4.69) is 6.07 Å². The highest BCUT2D eigenvalue weighted by Gasteiger charge is 2.49. The molecular formula is C11H19NO3S. The Kier molecular flexibility index (Phi) is 3.97. The van der Waals surface area contributed by atoms with Crippen LogP contribution < -0.4 is 0 Å². The highest BCUT2D eigenvalue weighted by molar-refractivity contribution is 7.92. The molecule has 1 aliphatic rings. The number of sulfone groups is 1. The van der Waals surface area contributed by atoms with Crippen LogP contribution in [-0.4, -0.2) is 33.1 Å². The van der Waals surface area contributed by atoms with E-state index in [1.807, 2.05) is 6.92 Å². The van der Waals surface area contributed by atoms with Crippen molar-refractivity contribution in [2.45, 2.75) is 31.9 Å². The van der Waals surface area contributed by atoms with Crippen LogP contribution in [0.15, 0.2) is 0 Å². The summed E-state index contributed by atoms with van der Waals surface area (Å²) in [7, 11) is -1.49. The number of methoxy groups -OCH3 is 1. The average molecular weight is 245 g/mol. The van der Waals surface area contributed by atoms with Gasteiger partial charge in [-0.1, -0.05) is 13.8 Å². The molecule has 16 heavy (non-hydrogen) atoms. The summed E-state index contributed by atoms with van der Waals surface area (Å²) in [6.45, 7) is 3.91. The van der Waals surface area contributed by atoms with Gasteiger partial charge in [-0.2, -0.15) is 5.26 Å². The first-order valence-electron chi connectivity index (χ1n) is 5.53. The number of rotatable bonds is 4. The first kappa shape index (κ1) is 13.5. The van der Waals surface area contributed by atoms with Crippen molar-refractivity contribution in [1.82, 2.24) is 0 Å². The Bertz CT molecular complexity index is 385. The van der Waals surface area contributed by atoms with E-state index < -0.39 is 15.3 Å². The Morgan fingerprint density at radius 1 is 1.56 bits per heavy atom. The zero-order chi connectivity index (χ0) is 12.4. The predicted molar refractivity (Wildman–Crippen MR) is 61.6 cm³/mol. The first-order chi connectivity index (χ1) is 7.41. The zero-order valence-electron chi connectivity index (χ0n) is 10.1. The lowest BCUT2D eigenvalue weighted by Gasteiger charge is -2.24. The summed E-state index contributed by atoms with van der Waals surface area (Å²) >= 11 is 0. The predicted octanol–water partition coefficient (Wildman–Crippen LogP) is 1.38. The average Bonchev–Trinajstić information content (AvgIpc) is 2.58. The smallest absolute Gasteiger partial charge is 0.152 e. The molecule has 0 radical (unpaired) electrons. The molecule has 1 aliphatic carbocycles. The Balaban J connectivity index is 2.93. The summed E-state index contributed by atoms with van der Waals surface area (Å²) in [5, 5.41) is 8.88. The van der Waals surface area contributed by atoms with Gasteiger partial charge in [0.25, 0.3) is 0 Å². The third-order valence-electron chi connectivity index (χ3n) is 3.69. The van der Waals surface area contributed by atoms with E-state index in [0.29, 0.717) is 19.4 Å². The van der Waals surface area contributed by atoms with Gasteiger partial charge in [0.1, 0.15) is 0 Å². The van der Waals surface area contributed by atoms with Gasteiger partial charge in [0.15, 0.2) is 9.84 Å². The molecule has 0 unspecified atom stereocenters. The molecule has 0 heterocycles. The lowest BCUT2D eigenvalue weighted by molar-refractivity contribution is 0.0951. The zero-order valence-corrected chi connectivity index (χ0v) is 10.9. The van der Waals surface area contributed by atoms with Gasteiger partial charge in [-0.25, -0.2) is 8.42 Å². The molecule has 3 atom stereocenters. The highest BCUT2D eigenvalue weighted by Crippen LogP contribution is 2.45. The first-order valence-corrected chi connectivity index (χ1v) is 7.25. The molecule has 0 aromatic rings. The van der Waals surface area contributed by atoms with Gasteiger partial charge >= 0.3 is 0 Å². The number of nitriles is 1. The van der Waals surface area contributed by atoms with E-state index in [9.17, 15) is 13.7 Å². The summed E-state index contributed by atoms with van der Waals surface area (Å²) < 4.78 is 28.7. The summed E-state index contributed by atoms with van der Waals surface area (Å²) in [5.74, 6) is 0.225. The van der Waals surface area contributed by atoms with Crippen LogP contribution in [0, 0.1) is 22.7 Å². The van der Waals surface area contributed by atoms with E-state index in [1.54, 1.807) is 14.0 Å². The molecular weight excluding hydrogens is 226 g/mol. The Morgan fingerprint density at radius 3 is 2.62 bits per heavy atom. The summed E-state index contributed by atoms with van der Waals surface area (Å²) in [6, 6.07) is 2.26. The quantitative estimate of drug-likeness (QED) is 0.750. The van der Waals surface area contributed by atoms with Crippen molar-refractivity contribution in [3.8, 4) is 6.07 Å². The second-order valence-corrected chi connectivity index (χ2v) is 7.19. The maximum atomic E-state index is 11.8. The largest absolute Gasteiger partial charge is 0.383 e. The molecule has 0 spiro atoms. The summed E-state index contributed by atoms with van der Waals surface area (Å²) in [6.07, 6.45) is 0.988. The van der Waals surface area contributed by atoms with Crippen LogP contribution in [0.2, 0.25) is 0 Å². The van der Waals surface area contributed by atoms with Crippen LogP contribution in [0.3, 0.4) is 0 Å². The van der Waals surface area contributed by atoms with E-state index in [-0.39, 0.29) is 16.9 Å². The molecule has 1 rings (SSSR count). The molecule has 0 bridgehead atoms. The minimum absolute atomic E-state index is 0.0729. The Morgan fingerprint density at radius 2 is 2.19 bits per heavy atom. The standard InChI is InChI=1S/C11H19NO3S/c1-4-16(13,14)10-5-9(2)11(6-10,7-12)8-15-3/h9-10H,4-6,8H2,1-3H3/t9-,10-,11-/m0/s1. The fraction of sp³-hybridized carbons (Fsp3) is 0.909. The van der Waals surface area contributed by atoms with Gasteiger partial charge in [0.2, 0.25) is 0 Å². The maximum Gasteiger partial charge on any atom is 0.152 e. The van der Waals surface area contributed by atoms with Gasteiger partial charge in [0, 0.05) is 12.9 Å². The van der Waals surface area contributed by atoms with E-state index in [1.165, 1.54) is 0 Å². The van der Waals surface area contributed by atoms with Crippen molar-refractivity contribution in [3.63, 3.8) is 0 Å². The molecule has 0 aliphatic heterocycles. The lowest BCUT2D eigenvalue weighted by Crippen LogP contribution is -2.28. The molecule has 5 heteroatoms. The molecule has 0 N–H and O–H groups in total. The molecule has 0 amide bonds. The van der Waals surface area contributed by atoms with Crippen LogP contribution in [-0.2, 0) is 14.6 Å². The lowest BCUT2D eigenvalue weighted by atomic mass is 9.81. The second-order valence-electron chi connectivity index (χ2n) is 4.62. The van der Waals surface area contributed by atoms with E-state index in [0.717, 1.165) is 0 Å². The molecule has 0 saturated heterocycles. The van der Waals surface area contributed by atoms with E-state index >= 15 is 0 Å². The second kappa shape index (κ2) is 4.72. The monoisotopic (exact) mass is 245 g/mol. The molecule has 4 nitrogen and oxygen atoms in total. The minimum atomic E-state index is -3.04. The third kappa shape index (κ3) is 2.23.